The lowest BCUT2D eigenvalue weighted by Crippen LogP contribution is -2.29. The van der Waals surface area contributed by atoms with Crippen molar-refractivity contribution in [3.63, 3.8) is 0 Å². The maximum Gasteiger partial charge on any atom is 0.0958 e. The first-order valence-corrected chi connectivity index (χ1v) is 4.74. The van der Waals surface area contributed by atoms with Crippen molar-refractivity contribution in [2.45, 2.75) is 12.5 Å². The van der Waals surface area contributed by atoms with Gasteiger partial charge < -0.3 is 5.11 Å². The van der Waals surface area contributed by atoms with Crippen LogP contribution in [-0.2, 0) is 6.42 Å². The molecule has 1 aromatic carbocycles. The first-order chi connectivity index (χ1) is 6.27. The highest BCUT2D eigenvalue weighted by Crippen LogP contribution is 2.31. The van der Waals surface area contributed by atoms with E-state index in [2.05, 4.69) is 12.1 Å². The van der Waals surface area contributed by atoms with Crippen molar-refractivity contribution >= 4 is 11.6 Å². The summed E-state index contributed by atoms with van der Waals surface area (Å²) in [4.78, 5) is 0. The van der Waals surface area contributed by atoms with Crippen LogP contribution in [0.5, 0.6) is 0 Å². The summed E-state index contributed by atoms with van der Waals surface area (Å²) in [6, 6.07) is 10.1. The van der Waals surface area contributed by atoms with Crippen LogP contribution in [0.25, 0.3) is 0 Å². The third-order valence-corrected chi connectivity index (χ3v) is 2.73. The number of hydrogen-bond acceptors (Lipinski definition) is 1. The van der Waals surface area contributed by atoms with E-state index in [0.29, 0.717) is 5.03 Å². The number of aliphatic hydroxyl groups excluding tert-OH is 1. The average Bonchev–Trinajstić information content (AvgIpc) is 2.19. The Bertz CT molecular complexity index is 318. The molecule has 0 fully saturated rings. The van der Waals surface area contributed by atoms with Gasteiger partial charge in [-0.2, -0.15) is 0 Å². The minimum absolute atomic E-state index is 0.204. The number of rotatable bonds is 2. The molecule has 0 radical (unpaired) electrons. The fraction of sp³-hybridized carbons (Fsp3) is 0.273. The third kappa shape index (κ3) is 1.77. The lowest BCUT2D eigenvalue weighted by Gasteiger charge is -2.28. The largest absolute Gasteiger partial charge is 0.387 e. The van der Waals surface area contributed by atoms with Crippen molar-refractivity contribution in [1.29, 1.82) is 0 Å². The fourth-order valence-electron chi connectivity index (χ4n) is 1.54. The van der Waals surface area contributed by atoms with Crippen molar-refractivity contribution in [3.05, 3.63) is 47.0 Å². The van der Waals surface area contributed by atoms with Gasteiger partial charge in [0.25, 0.3) is 0 Å². The monoisotopic (exact) mass is 194 g/mol. The Morgan fingerprint density at radius 1 is 1.23 bits per heavy atom. The molecule has 0 saturated carbocycles. The molecule has 68 valence electrons. The Balaban J connectivity index is 2.02. The summed E-state index contributed by atoms with van der Waals surface area (Å²) in [5.74, 6) is 0.204. The van der Waals surface area contributed by atoms with Crippen LogP contribution in [-0.4, -0.2) is 11.2 Å². The smallest absolute Gasteiger partial charge is 0.0958 e. The molecule has 1 aromatic rings. The fourth-order valence-corrected chi connectivity index (χ4v) is 1.86. The van der Waals surface area contributed by atoms with Gasteiger partial charge in [-0.05, 0) is 12.0 Å². The molecule has 0 aliphatic heterocycles. The highest BCUT2D eigenvalue weighted by atomic mass is 35.5. The van der Waals surface area contributed by atoms with E-state index in [4.69, 9.17) is 11.6 Å². The number of benzene rings is 1. The second kappa shape index (κ2) is 3.52. The van der Waals surface area contributed by atoms with Crippen LogP contribution in [0.3, 0.4) is 0 Å². The van der Waals surface area contributed by atoms with Gasteiger partial charge in [-0.1, -0.05) is 48.0 Å². The van der Waals surface area contributed by atoms with Crippen LogP contribution >= 0.6 is 11.6 Å². The topological polar surface area (TPSA) is 20.2 Å². The summed E-state index contributed by atoms with van der Waals surface area (Å²) in [5.41, 5.74) is 1.24. The molecule has 13 heavy (non-hydrogen) atoms. The molecule has 1 aliphatic carbocycles. The first-order valence-electron chi connectivity index (χ1n) is 4.36. The van der Waals surface area contributed by atoms with Crippen molar-refractivity contribution in [2.75, 3.05) is 0 Å². The quantitative estimate of drug-likeness (QED) is 0.767. The molecular formula is C11H11ClO. The van der Waals surface area contributed by atoms with E-state index in [9.17, 15) is 5.11 Å². The predicted molar refractivity (Wildman–Crippen MR) is 53.6 cm³/mol. The molecule has 1 aliphatic rings. The maximum absolute atomic E-state index is 9.44. The summed E-state index contributed by atoms with van der Waals surface area (Å²) in [6.07, 6.45) is 2.35. The van der Waals surface area contributed by atoms with Gasteiger partial charge in [0.15, 0.2) is 0 Å². The molecular weight excluding hydrogens is 184 g/mol. The molecule has 2 heteroatoms. The van der Waals surface area contributed by atoms with Crippen molar-refractivity contribution in [1.82, 2.24) is 0 Å². The van der Waals surface area contributed by atoms with Gasteiger partial charge in [-0.15, -0.1) is 0 Å². The van der Waals surface area contributed by atoms with E-state index in [0.717, 1.165) is 6.42 Å². The van der Waals surface area contributed by atoms with Gasteiger partial charge in [0.2, 0.25) is 0 Å². The number of aliphatic hydroxyl groups is 1. The molecule has 0 saturated heterocycles. The Labute approximate surface area is 82.7 Å². The number of hydrogen-bond donors (Lipinski definition) is 1. The van der Waals surface area contributed by atoms with E-state index in [1.807, 2.05) is 24.3 Å². The van der Waals surface area contributed by atoms with Gasteiger partial charge in [-0.25, -0.2) is 0 Å². The zero-order valence-electron chi connectivity index (χ0n) is 7.15. The van der Waals surface area contributed by atoms with Crippen LogP contribution < -0.4 is 0 Å². The van der Waals surface area contributed by atoms with Gasteiger partial charge in [0.05, 0.1) is 6.10 Å². The summed E-state index contributed by atoms with van der Waals surface area (Å²) in [6.45, 7) is 0. The standard InChI is InChI=1S/C11H11ClO/c12-10-7-9(11(10)13)6-8-4-2-1-3-5-8/h1-5,7,9,11,13H,6H2. The van der Waals surface area contributed by atoms with Crippen molar-refractivity contribution in [3.8, 4) is 0 Å². The Hall–Kier alpha value is -0.790. The van der Waals surface area contributed by atoms with Gasteiger partial charge in [0.1, 0.15) is 0 Å². The minimum Gasteiger partial charge on any atom is -0.387 e. The maximum atomic E-state index is 9.44. The van der Waals surface area contributed by atoms with E-state index >= 15 is 0 Å². The molecule has 1 N–H and O–H groups in total. The second-order valence-electron chi connectivity index (χ2n) is 3.35. The Morgan fingerprint density at radius 2 is 1.92 bits per heavy atom. The van der Waals surface area contributed by atoms with E-state index in [-0.39, 0.29) is 5.92 Å². The molecule has 2 rings (SSSR count). The Kier molecular flexibility index (Phi) is 2.38. The van der Waals surface area contributed by atoms with Crippen LogP contribution in [0.2, 0.25) is 0 Å². The van der Waals surface area contributed by atoms with Crippen molar-refractivity contribution < 1.29 is 5.11 Å². The molecule has 0 amide bonds. The molecule has 0 aromatic heterocycles. The lowest BCUT2D eigenvalue weighted by molar-refractivity contribution is 0.148. The summed E-state index contributed by atoms with van der Waals surface area (Å²) >= 11 is 5.67. The third-order valence-electron chi connectivity index (χ3n) is 2.38. The minimum atomic E-state index is -0.443. The molecule has 0 bridgehead atoms. The zero-order valence-corrected chi connectivity index (χ0v) is 7.91. The van der Waals surface area contributed by atoms with Gasteiger partial charge >= 0.3 is 0 Å². The van der Waals surface area contributed by atoms with Gasteiger partial charge in [0, 0.05) is 11.0 Å². The van der Waals surface area contributed by atoms with Crippen molar-refractivity contribution in [2.24, 2.45) is 5.92 Å². The second-order valence-corrected chi connectivity index (χ2v) is 3.79. The van der Waals surface area contributed by atoms with Crippen LogP contribution in [0, 0.1) is 5.92 Å². The van der Waals surface area contributed by atoms with Crippen LogP contribution in [0.15, 0.2) is 41.4 Å². The lowest BCUT2D eigenvalue weighted by atomic mass is 9.85. The van der Waals surface area contributed by atoms with E-state index < -0.39 is 6.10 Å². The highest BCUT2D eigenvalue weighted by molar-refractivity contribution is 6.31. The summed E-state index contributed by atoms with van der Waals surface area (Å²) in [5, 5.41) is 10.0. The average molecular weight is 195 g/mol. The van der Waals surface area contributed by atoms with E-state index in [1.165, 1.54) is 5.56 Å². The predicted octanol–water partition coefficient (Wildman–Crippen LogP) is 2.34. The number of halogens is 1. The SMILES string of the molecule is OC1C(Cl)=CC1Cc1ccccc1. The normalized spacial score (nSPS) is 26.5. The highest BCUT2D eigenvalue weighted by Gasteiger charge is 2.29. The summed E-state index contributed by atoms with van der Waals surface area (Å²) in [7, 11) is 0. The molecule has 0 spiro atoms. The molecule has 2 atom stereocenters. The molecule has 2 unspecified atom stereocenters. The zero-order chi connectivity index (χ0) is 9.26. The van der Waals surface area contributed by atoms with E-state index in [1.54, 1.807) is 0 Å². The molecule has 0 heterocycles. The summed E-state index contributed by atoms with van der Waals surface area (Å²) < 4.78 is 0. The van der Waals surface area contributed by atoms with Crippen LogP contribution in [0.1, 0.15) is 5.56 Å². The molecule has 1 nitrogen and oxygen atoms in total. The Morgan fingerprint density at radius 3 is 2.46 bits per heavy atom. The van der Waals surface area contributed by atoms with Gasteiger partial charge in [-0.3, -0.25) is 0 Å². The first kappa shape index (κ1) is 8.79. The van der Waals surface area contributed by atoms with Crippen LogP contribution in [0.4, 0.5) is 0 Å².